The summed E-state index contributed by atoms with van der Waals surface area (Å²) >= 11 is 0. The van der Waals surface area contributed by atoms with Gasteiger partial charge in [-0.25, -0.2) is 13.8 Å². The van der Waals surface area contributed by atoms with Crippen molar-refractivity contribution in [2.75, 3.05) is 37.7 Å². The van der Waals surface area contributed by atoms with Gasteiger partial charge in [0.1, 0.15) is 12.3 Å². The predicted octanol–water partition coefficient (Wildman–Crippen LogP) is 4.40. The summed E-state index contributed by atoms with van der Waals surface area (Å²) in [5.41, 5.74) is 3.54. The van der Waals surface area contributed by atoms with E-state index in [2.05, 4.69) is 24.9 Å². The van der Waals surface area contributed by atoms with Gasteiger partial charge in [-0.05, 0) is 55.3 Å². The molecule has 182 valence electrons. The number of oxime groups is 1. The highest BCUT2D eigenvalue weighted by Gasteiger charge is 2.47. The Labute approximate surface area is 202 Å². The molecule has 3 aromatic rings. The van der Waals surface area contributed by atoms with Crippen molar-refractivity contribution in [1.82, 2.24) is 14.9 Å². The first kappa shape index (κ1) is 23.3. The lowest BCUT2D eigenvalue weighted by molar-refractivity contribution is 0.0116. The maximum atomic E-state index is 13.8. The third kappa shape index (κ3) is 5.00. The molecule has 0 amide bonds. The highest BCUT2D eigenvalue weighted by molar-refractivity contribution is 6.11. The molecule has 9 heteroatoms. The summed E-state index contributed by atoms with van der Waals surface area (Å²) in [5.74, 6) is -2.32. The van der Waals surface area contributed by atoms with Gasteiger partial charge in [0, 0.05) is 49.9 Å². The van der Waals surface area contributed by atoms with Gasteiger partial charge in [0.05, 0.1) is 17.6 Å². The Hall–Kier alpha value is -3.46. The molecule has 0 radical (unpaired) electrons. The third-order valence-corrected chi connectivity index (χ3v) is 6.58. The van der Waals surface area contributed by atoms with Crippen molar-refractivity contribution < 1.29 is 18.0 Å². The van der Waals surface area contributed by atoms with E-state index in [0.29, 0.717) is 23.6 Å². The van der Waals surface area contributed by atoms with E-state index in [9.17, 15) is 13.2 Å². The standard InChI is InChI=1S/C26H26F3N5O/c1-2-35-32-25(19-4-6-21(27)22(28)11-19)23-7-3-18(12-30-23)14-33-15-26(16-33)9-10-34(17-26)20-5-8-24(29)31-13-20/h3-8,11-13H,2,9-10,14-17H2,1H3. The van der Waals surface area contributed by atoms with Crippen molar-refractivity contribution in [2.45, 2.75) is 19.9 Å². The van der Waals surface area contributed by atoms with Crippen LogP contribution in [0.1, 0.15) is 30.2 Å². The molecule has 2 aliphatic rings. The Balaban J connectivity index is 1.21. The van der Waals surface area contributed by atoms with Crippen LogP contribution in [0.3, 0.4) is 0 Å². The van der Waals surface area contributed by atoms with Gasteiger partial charge in [0.2, 0.25) is 5.95 Å². The monoisotopic (exact) mass is 481 g/mol. The summed E-state index contributed by atoms with van der Waals surface area (Å²) in [5, 5.41) is 4.08. The molecule has 4 heterocycles. The summed E-state index contributed by atoms with van der Waals surface area (Å²) in [7, 11) is 0. The number of hydrogen-bond donors (Lipinski definition) is 0. The number of aromatic nitrogens is 2. The molecule has 0 aliphatic carbocycles. The van der Waals surface area contributed by atoms with E-state index in [0.717, 1.165) is 62.5 Å². The summed E-state index contributed by atoms with van der Waals surface area (Å²) in [6.07, 6.45) is 4.48. The fourth-order valence-electron chi connectivity index (χ4n) is 4.92. The molecule has 5 rings (SSSR count). The van der Waals surface area contributed by atoms with Crippen LogP contribution in [-0.4, -0.2) is 53.4 Å². The molecular weight excluding hydrogens is 455 g/mol. The van der Waals surface area contributed by atoms with Crippen molar-refractivity contribution in [3.05, 3.63) is 89.3 Å². The van der Waals surface area contributed by atoms with Crippen LogP contribution in [0.15, 0.2) is 60.0 Å². The Bertz CT molecular complexity index is 1210. The number of benzene rings is 1. The van der Waals surface area contributed by atoms with Crippen molar-refractivity contribution in [1.29, 1.82) is 0 Å². The van der Waals surface area contributed by atoms with Crippen molar-refractivity contribution in [2.24, 2.45) is 10.6 Å². The maximum absolute atomic E-state index is 13.8. The topological polar surface area (TPSA) is 53.9 Å². The molecule has 1 aromatic carbocycles. The van der Waals surface area contributed by atoms with Crippen molar-refractivity contribution in [3.63, 3.8) is 0 Å². The first-order valence-electron chi connectivity index (χ1n) is 11.6. The zero-order valence-corrected chi connectivity index (χ0v) is 19.4. The van der Waals surface area contributed by atoms with E-state index in [-0.39, 0.29) is 5.41 Å². The maximum Gasteiger partial charge on any atom is 0.212 e. The van der Waals surface area contributed by atoms with Gasteiger partial charge < -0.3 is 9.74 Å². The lowest BCUT2D eigenvalue weighted by atomic mass is 9.79. The van der Waals surface area contributed by atoms with Gasteiger partial charge in [-0.2, -0.15) is 4.39 Å². The lowest BCUT2D eigenvalue weighted by Gasteiger charge is -2.48. The quantitative estimate of drug-likeness (QED) is 0.285. The molecule has 0 N–H and O–H groups in total. The number of likely N-dealkylation sites (tertiary alicyclic amines) is 1. The smallest absolute Gasteiger partial charge is 0.212 e. The molecular formula is C26H26F3N5O. The van der Waals surface area contributed by atoms with Crippen LogP contribution in [0.4, 0.5) is 18.9 Å². The van der Waals surface area contributed by atoms with E-state index < -0.39 is 17.6 Å². The third-order valence-electron chi connectivity index (χ3n) is 6.58. The van der Waals surface area contributed by atoms with Crippen LogP contribution in [0, 0.1) is 23.0 Å². The van der Waals surface area contributed by atoms with E-state index >= 15 is 0 Å². The predicted molar refractivity (Wildman–Crippen MR) is 127 cm³/mol. The minimum atomic E-state index is -0.948. The average molecular weight is 482 g/mol. The SMILES string of the molecule is CCON=C(c1ccc(F)c(F)c1)c1ccc(CN2CC3(CCN(c4ccc(F)nc4)C3)C2)cn1. The fourth-order valence-corrected chi connectivity index (χ4v) is 4.92. The Morgan fingerprint density at radius 1 is 1.00 bits per heavy atom. The molecule has 2 fully saturated rings. The second-order valence-electron chi connectivity index (χ2n) is 9.19. The molecule has 2 aromatic heterocycles. The van der Waals surface area contributed by atoms with Crippen LogP contribution in [0.2, 0.25) is 0 Å². The number of anilines is 1. The first-order valence-corrected chi connectivity index (χ1v) is 11.6. The Morgan fingerprint density at radius 3 is 2.54 bits per heavy atom. The molecule has 1 spiro atoms. The van der Waals surface area contributed by atoms with E-state index in [1.54, 1.807) is 25.4 Å². The number of halogens is 3. The van der Waals surface area contributed by atoms with Crippen molar-refractivity contribution >= 4 is 11.4 Å². The molecule has 0 atom stereocenters. The van der Waals surface area contributed by atoms with E-state index in [1.165, 1.54) is 12.1 Å². The zero-order valence-electron chi connectivity index (χ0n) is 19.4. The molecule has 2 aliphatic heterocycles. The van der Waals surface area contributed by atoms with Gasteiger partial charge in [-0.15, -0.1) is 0 Å². The molecule has 6 nitrogen and oxygen atoms in total. The van der Waals surface area contributed by atoms with Gasteiger partial charge in [-0.3, -0.25) is 9.88 Å². The first-order chi connectivity index (χ1) is 16.9. The number of pyridine rings is 2. The van der Waals surface area contributed by atoms with Gasteiger partial charge in [0.25, 0.3) is 0 Å². The fraction of sp³-hybridized carbons (Fsp3) is 0.346. The minimum absolute atomic E-state index is 0.256. The number of hydrogen-bond acceptors (Lipinski definition) is 6. The summed E-state index contributed by atoms with van der Waals surface area (Å²) in [6.45, 7) is 6.79. The molecule has 2 saturated heterocycles. The van der Waals surface area contributed by atoms with Gasteiger partial charge in [-0.1, -0.05) is 11.2 Å². The molecule has 0 unspecified atom stereocenters. The average Bonchev–Trinajstić information content (AvgIpc) is 3.28. The summed E-state index contributed by atoms with van der Waals surface area (Å²) < 4.78 is 40.3. The Morgan fingerprint density at radius 2 is 1.86 bits per heavy atom. The second kappa shape index (κ2) is 9.65. The molecule has 0 saturated carbocycles. The van der Waals surface area contributed by atoms with Crippen LogP contribution < -0.4 is 4.90 Å². The largest absolute Gasteiger partial charge is 0.396 e. The van der Waals surface area contributed by atoms with E-state index in [4.69, 9.17) is 4.84 Å². The van der Waals surface area contributed by atoms with Gasteiger partial charge >= 0.3 is 0 Å². The number of nitrogens with zero attached hydrogens (tertiary/aromatic N) is 5. The second-order valence-corrected chi connectivity index (χ2v) is 9.19. The van der Waals surface area contributed by atoms with Crippen molar-refractivity contribution in [3.8, 4) is 0 Å². The Kier molecular flexibility index (Phi) is 6.42. The van der Waals surface area contributed by atoms with Crippen LogP contribution in [0.5, 0.6) is 0 Å². The van der Waals surface area contributed by atoms with Crippen LogP contribution in [0.25, 0.3) is 0 Å². The summed E-state index contributed by atoms with van der Waals surface area (Å²) in [6, 6.07) is 10.6. The highest BCUT2D eigenvalue weighted by atomic mass is 19.2. The van der Waals surface area contributed by atoms with Gasteiger partial charge in [0.15, 0.2) is 11.6 Å². The van der Waals surface area contributed by atoms with Crippen LogP contribution >= 0.6 is 0 Å². The minimum Gasteiger partial charge on any atom is -0.396 e. The number of rotatable bonds is 7. The molecule has 35 heavy (non-hydrogen) atoms. The highest BCUT2D eigenvalue weighted by Crippen LogP contribution is 2.41. The zero-order chi connectivity index (χ0) is 24.4. The van der Waals surface area contributed by atoms with Crippen LogP contribution in [-0.2, 0) is 11.4 Å². The lowest BCUT2D eigenvalue weighted by Crippen LogP contribution is -2.56. The normalized spacial score (nSPS) is 17.6. The molecule has 0 bridgehead atoms. The van der Waals surface area contributed by atoms with E-state index in [1.807, 2.05) is 12.1 Å². The summed E-state index contributed by atoms with van der Waals surface area (Å²) in [4.78, 5) is 18.1.